The third-order valence-electron chi connectivity index (χ3n) is 0.910. The van der Waals surface area contributed by atoms with Crippen molar-refractivity contribution in [3.8, 4) is 0 Å². The van der Waals surface area contributed by atoms with Crippen LogP contribution in [0.3, 0.4) is 0 Å². The summed E-state index contributed by atoms with van der Waals surface area (Å²) in [5, 5.41) is 5.60. The molecule has 1 aliphatic heterocycles. The molecule has 0 saturated carbocycles. The van der Waals surface area contributed by atoms with Crippen molar-refractivity contribution in [2.75, 3.05) is 19.6 Å². The smallest absolute Gasteiger partial charge is 0.234 e. The Balaban J connectivity index is 0.000000291. The third kappa shape index (κ3) is 3.73. The maximum atomic E-state index is 10.3. The Morgan fingerprint density at radius 1 is 1.33 bits per heavy atom. The number of nitrogens with one attached hydrogen (secondary N) is 2. The second-order valence-electron chi connectivity index (χ2n) is 1.53. The van der Waals surface area contributed by atoms with Gasteiger partial charge in [-0.25, -0.2) is 0 Å². The average Bonchev–Trinajstić information content (AvgIpc) is 1.94. The van der Waals surface area contributed by atoms with Crippen LogP contribution < -0.4 is 10.6 Å². The lowest BCUT2D eigenvalue weighted by Crippen LogP contribution is -2.44. The Morgan fingerprint density at radius 2 is 2.00 bits per heavy atom. The van der Waals surface area contributed by atoms with Gasteiger partial charge in [-0.2, -0.15) is 0 Å². The van der Waals surface area contributed by atoms with E-state index in [1.165, 1.54) is 0 Å². The fourth-order valence-corrected chi connectivity index (χ4v) is 0.555. The molecular formula is C6H12N2O. The predicted octanol–water partition coefficient (Wildman–Crippen LogP) is -0.492. The molecule has 1 rings (SSSR count). The lowest BCUT2D eigenvalue weighted by molar-refractivity contribution is -0.121. The molecule has 3 heteroatoms. The van der Waals surface area contributed by atoms with E-state index in [-0.39, 0.29) is 5.91 Å². The minimum Gasteiger partial charge on any atom is -0.354 e. The van der Waals surface area contributed by atoms with Crippen molar-refractivity contribution in [3.63, 3.8) is 0 Å². The van der Waals surface area contributed by atoms with Crippen LogP contribution in [0.25, 0.3) is 0 Å². The van der Waals surface area contributed by atoms with Crippen LogP contribution in [0, 0.1) is 0 Å². The van der Waals surface area contributed by atoms with Gasteiger partial charge in [0.05, 0.1) is 6.54 Å². The summed E-state index contributed by atoms with van der Waals surface area (Å²) in [6, 6.07) is 0. The van der Waals surface area contributed by atoms with Crippen molar-refractivity contribution in [1.29, 1.82) is 0 Å². The molecule has 0 aliphatic carbocycles. The van der Waals surface area contributed by atoms with E-state index in [1.807, 2.05) is 0 Å². The van der Waals surface area contributed by atoms with E-state index < -0.39 is 0 Å². The molecule has 1 heterocycles. The van der Waals surface area contributed by atoms with Crippen molar-refractivity contribution < 1.29 is 4.79 Å². The number of carbonyl (C=O) groups excluding carboxylic acids is 1. The standard InChI is InChI=1S/C4H8N2O.C2H4/c7-4-3-5-1-2-6-4;1-2/h5H,1-3H2,(H,6,7);1-2H2. The summed E-state index contributed by atoms with van der Waals surface area (Å²) in [6.45, 7) is 8.17. The van der Waals surface area contributed by atoms with Crippen LogP contribution in [0.15, 0.2) is 13.2 Å². The normalized spacial score (nSPS) is 17.1. The zero-order valence-electron chi connectivity index (χ0n) is 5.44. The van der Waals surface area contributed by atoms with Gasteiger partial charge >= 0.3 is 0 Å². The van der Waals surface area contributed by atoms with Crippen molar-refractivity contribution >= 4 is 5.91 Å². The van der Waals surface area contributed by atoms with Crippen LogP contribution in [0.4, 0.5) is 0 Å². The molecule has 2 N–H and O–H groups in total. The number of hydrogen-bond donors (Lipinski definition) is 2. The lowest BCUT2D eigenvalue weighted by atomic mass is 10.4. The number of piperazine rings is 1. The molecule has 0 atom stereocenters. The van der Waals surface area contributed by atoms with Crippen molar-refractivity contribution in [2.45, 2.75) is 0 Å². The van der Waals surface area contributed by atoms with Gasteiger partial charge in [0.1, 0.15) is 0 Å². The molecule has 1 amide bonds. The van der Waals surface area contributed by atoms with Crippen LogP contribution >= 0.6 is 0 Å². The summed E-state index contributed by atoms with van der Waals surface area (Å²) in [6.07, 6.45) is 0. The van der Waals surface area contributed by atoms with Gasteiger partial charge in [0, 0.05) is 13.1 Å². The zero-order valence-corrected chi connectivity index (χ0v) is 5.44. The average molecular weight is 128 g/mol. The highest BCUT2D eigenvalue weighted by atomic mass is 16.2. The van der Waals surface area contributed by atoms with E-state index in [0.717, 1.165) is 13.1 Å². The quantitative estimate of drug-likeness (QED) is 0.432. The zero-order chi connectivity index (χ0) is 7.11. The summed E-state index contributed by atoms with van der Waals surface area (Å²) in [5.41, 5.74) is 0. The third-order valence-corrected chi connectivity index (χ3v) is 0.910. The van der Waals surface area contributed by atoms with E-state index in [2.05, 4.69) is 23.8 Å². The fraction of sp³-hybridized carbons (Fsp3) is 0.500. The van der Waals surface area contributed by atoms with Crippen LogP contribution in [0.1, 0.15) is 0 Å². The number of rotatable bonds is 0. The molecule has 0 aromatic rings. The van der Waals surface area contributed by atoms with E-state index in [1.54, 1.807) is 0 Å². The van der Waals surface area contributed by atoms with Crippen LogP contribution in [-0.2, 0) is 4.79 Å². The Kier molecular flexibility index (Phi) is 4.82. The molecular weight excluding hydrogens is 116 g/mol. The highest BCUT2D eigenvalue weighted by Crippen LogP contribution is 1.69. The molecule has 0 radical (unpaired) electrons. The summed E-state index contributed by atoms with van der Waals surface area (Å²) in [5.74, 6) is 0.103. The first-order valence-electron chi connectivity index (χ1n) is 2.87. The van der Waals surface area contributed by atoms with Crippen LogP contribution in [0.5, 0.6) is 0 Å². The number of amides is 1. The van der Waals surface area contributed by atoms with E-state index in [4.69, 9.17) is 0 Å². The molecule has 1 fully saturated rings. The minimum absolute atomic E-state index is 0.103. The first-order chi connectivity index (χ1) is 4.39. The van der Waals surface area contributed by atoms with E-state index in [9.17, 15) is 4.79 Å². The number of carbonyl (C=O) groups is 1. The van der Waals surface area contributed by atoms with Gasteiger partial charge in [0.15, 0.2) is 0 Å². The van der Waals surface area contributed by atoms with E-state index >= 15 is 0 Å². The van der Waals surface area contributed by atoms with Crippen molar-refractivity contribution in [3.05, 3.63) is 13.2 Å². The SMILES string of the molecule is C=C.O=C1CNCCN1. The fourth-order valence-electron chi connectivity index (χ4n) is 0.555. The lowest BCUT2D eigenvalue weighted by Gasteiger charge is -2.11. The van der Waals surface area contributed by atoms with Gasteiger partial charge in [-0.15, -0.1) is 13.2 Å². The van der Waals surface area contributed by atoms with Crippen LogP contribution in [0.2, 0.25) is 0 Å². The second-order valence-corrected chi connectivity index (χ2v) is 1.53. The first kappa shape index (κ1) is 8.17. The summed E-state index contributed by atoms with van der Waals surface area (Å²) >= 11 is 0. The summed E-state index contributed by atoms with van der Waals surface area (Å²) in [7, 11) is 0. The topological polar surface area (TPSA) is 41.1 Å². The molecule has 52 valence electrons. The van der Waals surface area contributed by atoms with Gasteiger partial charge in [0.2, 0.25) is 5.91 Å². The van der Waals surface area contributed by atoms with E-state index in [0.29, 0.717) is 6.54 Å². The van der Waals surface area contributed by atoms with Gasteiger partial charge in [-0.05, 0) is 0 Å². The van der Waals surface area contributed by atoms with Gasteiger partial charge in [-0.3, -0.25) is 4.79 Å². The van der Waals surface area contributed by atoms with Crippen molar-refractivity contribution in [2.24, 2.45) is 0 Å². The minimum atomic E-state index is 0.103. The Bertz CT molecular complexity index is 85.1. The monoisotopic (exact) mass is 128 g/mol. The molecule has 1 aliphatic rings. The number of hydrogen-bond acceptors (Lipinski definition) is 2. The molecule has 9 heavy (non-hydrogen) atoms. The molecule has 3 nitrogen and oxygen atoms in total. The molecule has 1 saturated heterocycles. The van der Waals surface area contributed by atoms with Gasteiger partial charge in [-0.1, -0.05) is 0 Å². The second kappa shape index (κ2) is 5.31. The molecule has 0 bridgehead atoms. The largest absolute Gasteiger partial charge is 0.354 e. The maximum absolute atomic E-state index is 10.3. The first-order valence-corrected chi connectivity index (χ1v) is 2.87. The summed E-state index contributed by atoms with van der Waals surface area (Å²) in [4.78, 5) is 10.3. The molecule has 0 spiro atoms. The van der Waals surface area contributed by atoms with Crippen LogP contribution in [-0.4, -0.2) is 25.5 Å². The Hall–Kier alpha value is -0.830. The van der Waals surface area contributed by atoms with Gasteiger partial charge < -0.3 is 10.6 Å². The molecule has 0 unspecified atom stereocenters. The van der Waals surface area contributed by atoms with Gasteiger partial charge in [0.25, 0.3) is 0 Å². The Labute approximate surface area is 55.1 Å². The molecule has 0 aromatic heterocycles. The maximum Gasteiger partial charge on any atom is 0.234 e. The van der Waals surface area contributed by atoms with Crippen molar-refractivity contribution in [1.82, 2.24) is 10.6 Å². The molecule has 0 aromatic carbocycles. The Morgan fingerprint density at radius 3 is 2.22 bits per heavy atom. The predicted molar refractivity (Wildman–Crippen MR) is 37.1 cm³/mol. The highest BCUT2D eigenvalue weighted by Gasteiger charge is 2.02. The summed E-state index contributed by atoms with van der Waals surface area (Å²) < 4.78 is 0. The highest BCUT2D eigenvalue weighted by molar-refractivity contribution is 5.78.